The summed E-state index contributed by atoms with van der Waals surface area (Å²) in [6.07, 6.45) is 16.1. The van der Waals surface area contributed by atoms with Gasteiger partial charge in [0.2, 0.25) is 0 Å². The predicted molar refractivity (Wildman–Crippen MR) is 396 cm³/mol. The van der Waals surface area contributed by atoms with Crippen molar-refractivity contribution in [2.24, 2.45) is 0 Å². The molecule has 10 aromatic heterocycles. The van der Waals surface area contributed by atoms with E-state index in [1.807, 2.05) is 24.8 Å². The van der Waals surface area contributed by atoms with Crippen molar-refractivity contribution in [3.63, 3.8) is 0 Å². The van der Waals surface area contributed by atoms with Gasteiger partial charge in [0.1, 0.15) is 0 Å². The number of aromatic nitrogens is 8. The molecule has 0 atom stereocenters. The average molecular weight is 1260 g/mol. The van der Waals surface area contributed by atoms with Gasteiger partial charge >= 0.3 is 0 Å². The number of hydrogen-bond acceptors (Lipinski definition) is 6. The SMILES string of the molecule is C[Si]1(C)c2cc(-n3c4ccccc4c4cnccc43)cc3c2sc2c(cc(-n4c5ccccc5c5cnccc54)cc23)[Si](C)(C)[Si](C)(C)c2cc(-n3c4ccccc4c4cnccc43)cc3c2sc2c(cc(-n4c5ccccc5c5cnccc54)cc23)[Si]1(C)C. The zero-order valence-electron chi connectivity index (χ0n) is 51.2. The van der Waals surface area contributed by atoms with Gasteiger partial charge in [-0.3, -0.25) is 19.9 Å². The monoisotopic (exact) mass is 1260 g/mol. The highest BCUT2D eigenvalue weighted by Crippen LogP contribution is 2.46. The summed E-state index contributed by atoms with van der Waals surface area (Å²) in [5, 5.41) is 21.1. The Kier molecular flexibility index (Phi) is 10.7. The molecule has 14 heteroatoms. The average Bonchev–Trinajstić information content (AvgIpc) is 1.46. The number of benzene rings is 8. The van der Waals surface area contributed by atoms with Crippen molar-refractivity contribution in [2.45, 2.75) is 52.4 Å². The highest BCUT2D eigenvalue weighted by Gasteiger charge is 2.50. The molecule has 0 unspecified atom stereocenters. The van der Waals surface area contributed by atoms with Gasteiger partial charge in [0, 0.05) is 156 Å². The summed E-state index contributed by atoms with van der Waals surface area (Å²) in [4.78, 5) is 19.0. The molecule has 0 saturated heterocycles. The van der Waals surface area contributed by atoms with Crippen LogP contribution in [0.5, 0.6) is 0 Å². The molecular weight excluding hydrogens is 1200 g/mol. The number of nitrogens with zero attached hydrogens (tertiary/aromatic N) is 8. The maximum atomic E-state index is 4.74. The minimum Gasteiger partial charge on any atom is -0.309 e. The summed E-state index contributed by atoms with van der Waals surface area (Å²) in [6, 6.07) is 65.7. The molecule has 432 valence electrons. The Hall–Kier alpha value is -9.13. The fraction of sp³-hybridized carbons (Fsp3) is 0.105. The third kappa shape index (κ3) is 6.82. The molecule has 4 bridgehead atoms. The maximum absolute atomic E-state index is 4.74. The molecule has 18 aromatic rings. The predicted octanol–water partition coefficient (Wildman–Crippen LogP) is 17.9. The van der Waals surface area contributed by atoms with Crippen molar-refractivity contribution in [3.05, 3.63) is 219 Å². The maximum Gasteiger partial charge on any atom is 0.0811 e. The number of hydrogen-bond donors (Lipinski definition) is 0. The number of rotatable bonds is 4. The molecule has 0 N–H and O–H groups in total. The van der Waals surface area contributed by atoms with Gasteiger partial charge in [-0.15, -0.1) is 22.7 Å². The van der Waals surface area contributed by atoms with E-state index < -0.39 is 30.4 Å². The van der Waals surface area contributed by atoms with Crippen molar-refractivity contribution in [2.75, 3.05) is 0 Å². The van der Waals surface area contributed by atoms with E-state index in [4.69, 9.17) is 19.9 Å². The standard InChI is InChI=1S/C76H60N8S2Si4/c1-87(2)69-37-45(81-61-21-13-9-17-49(61)57-41-77-29-25-65(57)81)33-53-54-35-47(83-63-23-15-11-19-51(63)59-43-79-31-27-67(59)83)39-71(75(54)85-73(53)69)89(5,6)90(7,8)72-40-48(84-64-24-16-12-20-52(64)60-44-80-32-28-68(60)84)36-56-55-34-46(38-70(88(87,3)4)74(55)86-76(56)72)82-62-22-14-10-18-50(62)58-42-78-30-26-66(58)82/h9-44H,1-8H3. The summed E-state index contributed by atoms with van der Waals surface area (Å²) in [5.41, 5.74) is 14.3. The molecule has 8 aromatic carbocycles. The van der Waals surface area contributed by atoms with E-state index in [0.717, 1.165) is 0 Å². The molecule has 0 spiro atoms. The van der Waals surface area contributed by atoms with Crippen LogP contribution in [0.4, 0.5) is 0 Å². The van der Waals surface area contributed by atoms with Crippen LogP contribution in [-0.4, -0.2) is 68.6 Å². The molecule has 90 heavy (non-hydrogen) atoms. The second-order valence-corrected chi connectivity index (χ2v) is 59.4. The summed E-state index contributed by atoms with van der Waals surface area (Å²) < 4.78 is 16.0. The van der Waals surface area contributed by atoms with Crippen molar-refractivity contribution < 1.29 is 0 Å². The van der Waals surface area contributed by atoms with Crippen LogP contribution in [0, 0.1) is 0 Å². The Morgan fingerprint density at radius 3 is 0.689 bits per heavy atom. The number of thiophene rings is 2. The normalized spacial score (nSPS) is 15.5. The molecule has 0 radical (unpaired) electrons. The molecule has 8 nitrogen and oxygen atoms in total. The van der Waals surface area contributed by atoms with Gasteiger partial charge in [-0.2, -0.15) is 0 Å². The van der Waals surface area contributed by atoms with Gasteiger partial charge in [-0.25, -0.2) is 0 Å². The van der Waals surface area contributed by atoms with Crippen LogP contribution >= 0.6 is 22.7 Å². The fourth-order valence-electron chi connectivity index (χ4n) is 16.0. The van der Waals surface area contributed by atoms with E-state index in [1.54, 1.807) is 20.7 Å². The van der Waals surface area contributed by atoms with Crippen LogP contribution in [0.2, 0.25) is 52.4 Å². The number of para-hydroxylation sites is 4. The Morgan fingerprint density at radius 1 is 0.244 bits per heavy atom. The van der Waals surface area contributed by atoms with E-state index in [-0.39, 0.29) is 0 Å². The van der Waals surface area contributed by atoms with Gasteiger partial charge in [-0.05, 0) is 118 Å². The topological polar surface area (TPSA) is 71.3 Å². The van der Waals surface area contributed by atoms with Crippen LogP contribution in [0.15, 0.2) is 219 Å². The smallest absolute Gasteiger partial charge is 0.0811 e. The Balaban J connectivity index is 1.01. The molecule has 19 rings (SSSR count). The van der Waals surface area contributed by atoms with Crippen LogP contribution < -0.4 is 20.7 Å². The molecule has 0 fully saturated rings. The second kappa shape index (κ2) is 18.3. The molecule has 0 aliphatic carbocycles. The molecule has 1 aliphatic rings. The molecule has 11 heterocycles. The first kappa shape index (κ1) is 52.8. The van der Waals surface area contributed by atoms with E-state index >= 15 is 0 Å². The quantitative estimate of drug-likeness (QED) is 0.165. The zero-order valence-corrected chi connectivity index (χ0v) is 56.8. The van der Waals surface area contributed by atoms with Crippen LogP contribution in [0.1, 0.15) is 0 Å². The van der Waals surface area contributed by atoms with E-state index in [0.29, 0.717) is 0 Å². The summed E-state index contributed by atoms with van der Waals surface area (Å²) >= 11 is 4.21. The lowest BCUT2D eigenvalue weighted by molar-refractivity contribution is 1.18. The van der Waals surface area contributed by atoms with E-state index in [9.17, 15) is 0 Å². The lowest BCUT2D eigenvalue weighted by Crippen LogP contribution is -2.69. The van der Waals surface area contributed by atoms with Gasteiger partial charge in [0.15, 0.2) is 0 Å². The molecule has 0 saturated carbocycles. The third-order valence-electron chi connectivity index (χ3n) is 22.0. The van der Waals surface area contributed by atoms with Gasteiger partial charge in [-0.1, -0.05) is 125 Å². The highest BCUT2D eigenvalue weighted by molar-refractivity contribution is 7.54. The van der Waals surface area contributed by atoms with Gasteiger partial charge < -0.3 is 18.3 Å². The lowest BCUT2D eigenvalue weighted by Gasteiger charge is -2.40. The van der Waals surface area contributed by atoms with Crippen LogP contribution in [0.3, 0.4) is 0 Å². The number of pyridine rings is 4. The van der Waals surface area contributed by atoms with Crippen molar-refractivity contribution in [1.29, 1.82) is 0 Å². The zero-order chi connectivity index (χ0) is 60.5. The summed E-state index contributed by atoms with van der Waals surface area (Å²) in [7, 11) is -10.6. The summed E-state index contributed by atoms with van der Waals surface area (Å²) in [5.74, 6) is 0. The lowest BCUT2D eigenvalue weighted by atomic mass is 10.1. The van der Waals surface area contributed by atoms with Crippen molar-refractivity contribution >= 4 is 201 Å². The minimum absolute atomic E-state index is 1.17. The first-order valence-electron chi connectivity index (χ1n) is 31.1. The van der Waals surface area contributed by atoms with Crippen LogP contribution in [0.25, 0.3) is 150 Å². The Labute approximate surface area is 530 Å². The first-order chi connectivity index (χ1) is 43.7. The molecule has 0 amide bonds. The van der Waals surface area contributed by atoms with E-state index in [1.165, 1.54) is 150 Å². The summed E-state index contributed by atoms with van der Waals surface area (Å²) in [6.45, 7) is 22.0. The second-order valence-electron chi connectivity index (χ2n) is 27.2. The van der Waals surface area contributed by atoms with Crippen molar-refractivity contribution in [1.82, 2.24) is 38.2 Å². The number of fused-ring (bicyclic) bond motifs is 14. The van der Waals surface area contributed by atoms with Crippen molar-refractivity contribution in [3.8, 4) is 22.7 Å². The molecular formula is C76H60N8S2Si4. The Morgan fingerprint density at radius 2 is 0.456 bits per heavy atom. The first-order valence-corrected chi connectivity index (χ1v) is 46.8. The highest BCUT2D eigenvalue weighted by atomic mass is 32.1. The van der Waals surface area contributed by atoms with E-state index in [2.05, 4.69) is 288 Å². The van der Waals surface area contributed by atoms with Gasteiger partial charge in [0.05, 0.1) is 74.5 Å². The minimum atomic E-state index is -2.66. The van der Waals surface area contributed by atoms with Gasteiger partial charge in [0.25, 0.3) is 0 Å². The largest absolute Gasteiger partial charge is 0.309 e. The third-order valence-corrected chi connectivity index (χ3v) is 60.5. The Bertz CT molecular complexity index is 5250. The fourth-order valence-corrected chi connectivity index (χ4v) is 40.9. The molecule has 1 aliphatic heterocycles. The van der Waals surface area contributed by atoms with Crippen LogP contribution in [-0.2, 0) is 0 Å².